The Morgan fingerprint density at radius 3 is 1.82 bits per heavy atom. The number of benzene rings is 1. The quantitative estimate of drug-likeness (QED) is 0.467. The monoisotopic (exact) mass is 346 g/mol. The van der Waals surface area contributed by atoms with E-state index in [2.05, 4.69) is 4.52 Å². The molecule has 0 aliphatic heterocycles. The highest BCUT2D eigenvalue weighted by Crippen LogP contribution is 2.42. The average molecular weight is 346 g/mol. The highest BCUT2D eigenvalue weighted by atomic mass is 31.2. The molecule has 1 rings (SSSR count). The maximum atomic E-state index is 12.6. The van der Waals surface area contributed by atoms with Gasteiger partial charge in [-0.1, -0.05) is 0 Å². The van der Waals surface area contributed by atoms with Crippen LogP contribution in [0.2, 0.25) is 0 Å². The van der Waals surface area contributed by atoms with Gasteiger partial charge in [-0.3, -0.25) is 24.8 Å². The Morgan fingerprint density at radius 2 is 1.55 bits per heavy atom. The molecule has 0 amide bonds. The van der Waals surface area contributed by atoms with Crippen molar-refractivity contribution in [3.63, 3.8) is 0 Å². The van der Waals surface area contributed by atoms with E-state index in [1.807, 2.05) is 0 Å². The number of rotatable bonds is 5. The summed E-state index contributed by atoms with van der Waals surface area (Å²) in [5.74, 6) is 0. The van der Waals surface area contributed by atoms with Gasteiger partial charge < -0.3 is 9.79 Å². The highest BCUT2D eigenvalue weighted by Gasteiger charge is 2.38. The molecular weight excluding hydrogens is 340 g/mol. The average Bonchev–Trinajstić information content (AvgIpc) is 2.32. The molecule has 2 N–H and O–H groups in total. The molecule has 1 aromatic carbocycles. The smallest absolute Gasteiger partial charge is 0.303 e. The maximum absolute atomic E-state index is 12.6. The summed E-state index contributed by atoms with van der Waals surface area (Å²) in [7, 11) is -5.14. The lowest BCUT2D eigenvalue weighted by molar-refractivity contribution is -0.396. The van der Waals surface area contributed by atoms with E-state index < -0.39 is 53.0 Å². The Morgan fingerprint density at radius 1 is 1.14 bits per heavy atom. The number of nitro benzene ring substituents is 2. The van der Waals surface area contributed by atoms with Crippen LogP contribution >= 0.6 is 7.82 Å². The first kappa shape index (κ1) is 18.0. The van der Waals surface area contributed by atoms with E-state index in [9.17, 15) is 38.0 Å². The number of phosphoric acid groups is 1. The Hall–Kier alpha value is -2.08. The maximum Gasteiger partial charge on any atom is 0.469 e. The lowest BCUT2D eigenvalue weighted by Gasteiger charge is -2.10. The molecule has 0 fully saturated rings. The zero-order valence-corrected chi connectivity index (χ0v) is 11.1. The van der Waals surface area contributed by atoms with Crippen molar-refractivity contribution in [1.82, 2.24) is 0 Å². The topological polar surface area (TPSA) is 153 Å². The zero-order valence-electron chi connectivity index (χ0n) is 10.2. The summed E-state index contributed by atoms with van der Waals surface area (Å²) in [4.78, 5) is 35.8. The Labute approximate surface area is 118 Å². The standard InChI is InChI=1S/C8H6F3N2O8P/c9-8(10,11)4-1-6(12(14)15)5(3-21-22(18,19)20)7(2-4)13(16)17/h1-2H,3H2,(H2,18,19,20). The van der Waals surface area contributed by atoms with Gasteiger partial charge in [0.15, 0.2) is 0 Å². The summed E-state index contributed by atoms with van der Waals surface area (Å²) >= 11 is 0. The predicted octanol–water partition coefficient (Wildman–Crippen LogP) is 2.13. The predicted molar refractivity (Wildman–Crippen MR) is 61.6 cm³/mol. The van der Waals surface area contributed by atoms with Crippen LogP contribution in [0.5, 0.6) is 0 Å². The lowest BCUT2D eigenvalue weighted by atomic mass is 10.1. The largest absolute Gasteiger partial charge is 0.469 e. The Kier molecular flexibility index (Phi) is 4.87. The fourth-order valence-corrected chi connectivity index (χ4v) is 1.72. The fourth-order valence-electron chi connectivity index (χ4n) is 1.43. The number of hydrogen-bond acceptors (Lipinski definition) is 6. The third-order valence-corrected chi connectivity index (χ3v) is 2.77. The van der Waals surface area contributed by atoms with Crippen LogP contribution in [0.3, 0.4) is 0 Å². The second kappa shape index (κ2) is 5.96. The van der Waals surface area contributed by atoms with Gasteiger partial charge in [0.1, 0.15) is 5.56 Å². The molecule has 10 nitrogen and oxygen atoms in total. The van der Waals surface area contributed by atoms with Gasteiger partial charge in [-0.25, -0.2) is 4.57 Å². The molecule has 0 aliphatic carbocycles. The highest BCUT2D eigenvalue weighted by molar-refractivity contribution is 7.46. The van der Waals surface area contributed by atoms with Crippen molar-refractivity contribution in [1.29, 1.82) is 0 Å². The van der Waals surface area contributed by atoms with E-state index >= 15 is 0 Å². The molecule has 0 saturated carbocycles. The number of alkyl halides is 3. The third-order valence-electron chi connectivity index (χ3n) is 2.30. The normalized spacial score (nSPS) is 12.2. The van der Waals surface area contributed by atoms with Gasteiger partial charge in [0, 0.05) is 12.1 Å². The second-order valence-electron chi connectivity index (χ2n) is 3.77. The molecule has 14 heteroatoms. The van der Waals surface area contributed by atoms with E-state index in [0.717, 1.165) is 0 Å². The Bertz CT molecular complexity index is 635. The first-order valence-electron chi connectivity index (χ1n) is 5.06. The van der Waals surface area contributed by atoms with Gasteiger partial charge in [-0.05, 0) is 0 Å². The number of phosphoric ester groups is 1. The van der Waals surface area contributed by atoms with E-state index in [1.54, 1.807) is 0 Å². The Balaban J connectivity index is 3.54. The molecule has 0 aliphatic rings. The summed E-state index contributed by atoms with van der Waals surface area (Å²) in [5.41, 5.74) is -5.32. The first-order valence-corrected chi connectivity index (χ1v) is 6.59. The fraction of sp³-hybridized carbons (Fsp3) is 0.250. The van der Waals surface area contributed by atoms with E-state index in [4.69, 9.17) is 9.79 Å². The number of nitrogens with zero attached hydrogens (tertiary/aromatic N) is 2. The summed E-state index contributed by atoms with van der Waals surface area (Å²) in [6, 6.07) is 0.0384. The van der Waals surface area contributed by atoms with Crippen molar-refractivity contribution in [3.8, 4) is 0 Å². The molecule has 0 radical (unpaired) electrons. The summed E-state index contributed by atoms with van der Waals surface area (Å²) < 4.78 is 52.2. The number of nitro groups is 2. The van der Waals surface area contributed by atoms with Crippen molar-refractivity contribution in [2.45, 2.75) is 12.8 Å². The van der Waals surface area contributed by atoms with Crippen LogP contribution in [0, 0.1) is 20.2 Å². The van der Waals surface area contributed by atoms with Crippen LogP contribution in [-0.2, 0) is 21.9 Å². The van der Waals surface area contributed by atoms with Gasteiger partial charge in [0.2, 0.25) is 0 Å². The van der Waals surface area contributed by atoms with Crippen molar-refractivity contribution in [3.05, 3.63) is 43.5 Å². The summed E-state index contributed by atoms with van der Waals surface area (Å²) in [5, 5.41) is 21.5. The van der Waals surface area contributed by atoms with Crippen LogP contribution < -0.4 is 0 Å². The van der Waals surface area contributed by atoms with E-state index in [0.29, 0.717) is 0 Å². The molecule has 0 unspecified atom stereocenters. The SMILES string of the molecule is O=[N+]([O-])c1cc(C(F)(F)F)cc([N+](=O)[O-])c1COP(=O)(O)O. The first-order chi connectivity index (χ1) is 9.83. The van der Waals surface area contributed by atoms with E-state index in [1.165, 1.54) is 0 Å². The van der Waals surface area contributed by atoms with Gasteiger partial charge >= 0.3 is 14.0 Å². The summed E-state index contributed by atoms with van der Waals surface area (Å²) in [6.07, 6.45) is -5.09. The van der Waals surface area contributed by atoms with Crippen molar-refractivity contribution < 1.29 is 41.9 Å². The van der Waals surface area contributed by atoms with Crippen LogP contribution in [0.1, 0.15) is 11.1 Å². The van der Waals surface area contributed by atoms with Crippen LogP contribution in [-0.4, -0.2) is 19.6 Å². The molecule has 0 atom stereocenters. The molecule has 1 aromatic rings. The molecule has 0 spiro atoms. The minimum absolute atomic E-state index is 0.0192. The van der Waals surface area contributed by atoms with Crippen molar-refractivity contribution in [2.24, 2.45) is 0 Å². The molecule has 122 valence electrons. The summed E-state index contributed by atoms with van der Waals surface area (Å²) in [6.45, 7) is -1.31. The number of hydrogen-bond donors (Lipinski definition) is 2. The van der Waals surface area contributed by atoms with Gasteiger partial charge in [0.25, 0.3) is 11.4 Å². The minimum Gasteiger partial charge on any atom is -0.303 e. The van der Waals surface area contributed by atoms with Crippen molar-refractivity contribution >= 4 is 19.2 Å². The van der Waals surface area contributed by atoms with Gasteiger partial charge in [0.05, 0.1) is 22.0 Å². The van der Waals surface area contributed by atoms with Crippen LogP contribution in [0.25, 0.3) is 0 Å². The lowest BCUT2D eigenvalue weighted by Crippen LogP contribution is -2.10. The molecule has 0 heterocycles. The molecular formula is C8H6F3N2O8P. The molecule has 0 saturated heterocycles. The van der Waals surface area contributed by atoms with Crippen molar-refractivity contribution in [2.75, 3.05) is 0 Å². The number of halogens is 3. The van der Waals surface area contributed by atoms with Crippen LogP contribution in [0.15, 0.2) is 12.1 Å². The molecule has 0 bridgehead atoms. The van der Waals surface area contributed by atoms with E-state index in [-0.39, 0.29) is 12.1 Å². The molecule has 0 aromatic heterocycles. The van der Waals surface area contributed by atoms with Gasteiger partial charge in [-0.2, -0.15) is 13.2 Å². The minimum atomic E-state index is -5.14. The zero-order chi connectivity index (χ0) is 17.3. The van der Waals surface area contributed by atoms with Crippen LogP contribution in [0.4, 0.5) is 24.5 Å². The van der Waals surface area contributed by atoms with Gasteiger partial charge in [-0.15, -0.1) is 0 Å². The molecule has 22 heavy (non-hydrogen) atoms. The second-order valence-corrected chi connectivity index (χ2v) is 5.01. The third kappa shape index (κ3) is 4.46.